The number of aliphatic imine (C=N–C) groups is 1. The molecule has 0 N–H and O–H groups in total. The quantitative estimate of drug-likeness (QED) is 0.762. The van der Waals surface area contributed by atoms with Gasteiger partial charge in [0.1, 0.15) is 17.3 Å². The van der Waals surface area contributed by atoms with Crippen molar-refractivity contribution in [2.75, 3.05) is 0 Å². The maximum atomic E-state index is 13.5. The molecule has 1 aliphatic heterocycles. The summed E-state index contributed by atoms with van der Waals surface area (Å²) >= 11 is 0. The third-order valence-electron chi connectivity index (χ3n) is 4.48. The summed E-state index contributed by atoms with van der Waals surface area (Å²) in [5.41, 5.74) is 2.22. The number of pyridine rings is 1. The van der Waals surface area contributed by atoms with Crippen molar-refractivity contribution in [1.82, 2.24) is 4.98 Å². The first-order chi connectivity index (χ1) is 12.2. The van der Waals surface area contributed by atoms with E-state index in [0.717, 1.165) is 12.5 Å². The van der Waals surface area contributed by atoms with Crippen LogP contribution in [0.25, 0.3) is 0 Å². The Labute approximate surface area is 150 Å². The van der Waals surface area contributed by atoms with Crippen molar-refractivity contribution in [1.29, 1.82) is 0 Å². The molecule has 1 aromatic carbocycles. The summed E-state index contributed by atoms with van der Waals surface area (Å²) in [5.74, 6) is -3.36. The normalized spacial score (nSPS) is 14.7. The van der Waals surface area contributed by atoms with Crippen LogP contribution in [0.2, 0.25) is 0 Å². The first-order valence-corrected chi connectivity index (χ1v) is 8.42. The molecule has 26 heavy (non-hydrogen) atoms. The number of Topliss-reactive ketones (excluding diaryl/α,β-unsaturated/α-hetero) is 1. The number of halogens is 3. The number of hydrogen-bond acceptors (Lipinski definition) is 3. The zero-order valence-corrected chi connectivity index (χ0v) is 14.6. The van der Waals surface area contributed by atoms with E-state index < -0.39 is 5.92 Å². The highest BCUT2D eigenvalue weighted by Gasteiger charge is 2.35. The second kappa shape index (κ2) is 7.02. The molecule has 0 aliphatic carbocycles. The van der Waals surface area contributed by atoms with Crippen molar-refractivity contribution in [2.24, 2.45) is 4.99 Å². The lowest BCUT2D eigenvalue weighted by Gasteiger charge is -2.12. The van der Waals surface area contributed by atoms with Crippen LogP contribution in [0.4, 0.5) is 13.2 Å². The van der Waals surface area contributed by atoms with Crippen LogP contribution in [0, 0.1) is 5.82 Å². The number of aromatic nitrogens is 1. The summed E-state index contributed by atoms with van der Waals surface area (Å²) < 4.78 is 40.0. The molecule has 0 unspecified atom stereocenters. The maximum absolute atomic E-state index is 13.5. The van der Waals surface area contributed by atoms with Gasteiger partial charge in [-0.25, -0.2) is 4.39 Å². The molecule has 1 atom stereocenters. The van der Waals surface area contributed by atoms with Gasteiger partial charge in [-0.1, -0.05) is 19.1 Å². The predicted octanol–water partition coefficient (Wildman–Crippen LogP) is 4.48. The van der Waals surface area contributed by atoms with E-state index in [1.807, 2.05) is 6.92 Å². The lowest BCUT2D eigenvalue weighted by molar-refractivity contribution is -0.118. The minimum absolute atomic E-state index is 0.00534. The highest BCUT2D eigenvalue weighted by Crippen LogP contribution is 2.28. The Balaban J connectivity index is 1.65. The number of rotatable bonds is 6. The van der Waals surface area contributed by atoms with E-state index in [9.17, 15) is 18.0 Å². The molecule has 3 nitrogen and oxygen atoms in total. The van der Waals surface area contributed by atoms with Crippen molar-refractivity contribution in [2.45, 2.75) is 45.1 Å². The van der Waals surface area contributed by atoms with Crippen LogP contribution in [-0.4, -0.2) is 22.4 Å². The molecule has 2 aromatic rings. The topological polar surface area (TPSA) is 42.3 Å². The first kappa shape index (κ1) is 18.3. The molecular weight excluding hydrogens is 341 g/mol. The summed E-state index contributed by atoms with van der Waals surface area (Å²) in [6.45, 7) is 2.91. The molecule has 0 saturated carbocycles. The number of carbonyl (C=O) groups is 1. The first-order valence-electron chi connectivity index (χ1n) is 8.42. The van der Waals surface area contributed by atoms with E-state index in [0.29, 0.717) is 23.2 Å². The van der Waals surface area contributed by atoms with Gasteiger partial charge in [-0.2, -0.15) is 8.78 Å². The Hall–Kier alpha value is -2.50. The molecule has 3 rings (SSSR count). The van der Waals surface area contributed by atoms with Gasteiger partial charge in [-0.05, 0) is 35.2 Å². The lowest BCUT2D eigenvalue weighted by atomic mass is 9.94. The predicted molar refractivity (Wildman–Crippen MR) is 93.2 cm³/mol. The van der Waals surface area contributed by atoms with Crippen molar-refractivity contribution in [3.05, 3.63) is 64.7 Å². The second-order valence-corrected chi connectivity index (χ2v) is 6.76. The Kier molecular flexibility index (Phi) is 4.94. The summed E-state index contributed by atoms with van der Waals surface area (Å²) in [4.78, 5) is 20.4. The summed E-state index contributed by atoms with van der Waals surface area (Å²) in [7, 11) is 0. The van der Waals surface area contributed by atoms with Gasteiger partial charge in [0.25, 0.3) is 5.92 Å². The lowest BCUT2D eigenvalue weighted by Crippen LogP contribution is -2.24. The van der Waals surface area contributed by atoms with Crippen LogP contribution >= 0.6 is 0 Å². The molecular formula is C20H19F3N2O. The van der Waals surface area contributed by atoms with Gasteiger partial charge in [-0.15, -0.1) is 0 Å². The average Bonchev–Trinajstić information content (AvgIpc) is 2.98. The Morgan fingerprint density at radius 3 is 2.62 bits per heavy atom. The molecule has 1 aliphatic rings. The van der Waals surface area contributed by atoms with E-state index in [2.05, 4.69) is 9.98 Å². The minimum atomic E-state index is -3.01. The highest BCUT2D eigenvalue weighted by atomic mass is 19.3. The average molecular weight is 360 g/mol. The van der Waals surface area contributed by atoms with Crippen molar-refractivity contribution >= 4 is 11.5 Å². The molecule has 0 spiro atoms. The zero-order valence-electron chi connectivity index (χ0n) is 14.6. The van der Waals surface area contributed by atoms with Crippen LogP contribution in [-0.2, 0) is 17.8 Å². The number of nitrogens with zero attached hydrogens (tertiary/aromatic N) is 2. The van der Waals surface area contributed by atoms with Crippen LogP contribution < -0.4 is 0 Å². The van der Waals surface area contributed by atoms with Crippen LogP contribution in [0.3, 0.4) is 0 Å². The van der Waals surface area contributed by atoms with Gasteiger partial charge < -0.3 is 0 Å². The number of ketones is 1. The standard InChI is InChI=1S/C20H19F3N2O/c1-12(13-3-5-15(21)6-4-13)7-17(26)9-16-8-14-10-25-19(20(2,22)23)18(14)11-24-16/h3-6,8,11-12H,7,9-10H2,1-2H3/t12-/m0/s1. The van der Waals surface area contributed by atoms with Gasteiger partial charge in [0, 0.05) is 37.2 Å². The molecule has 0 amide bonds. The Morgan fingerprint density at radius 1 is 1.27 bits per heavy atom. The van der Waals surface area contributed by atoms with Gasteiger partial charge in [0.2, 0.25) is 0 Å². The number of fused-ring (bicyclic) bond motifs is 1. The smallest absolute Gasteiger partial charge is 0.287 e. The number of carbonyl (C=O) groups excluding carboxylic acids is 1. The molecule has 6 heteroatoms. The maximum Gasteiger partial charge on any atom is 0.287 e. The third-order valence-corrected chi connectivity index (χ3v) is 4.48. The van der Waals surface area contributed by atoms with Crippen LogP contribution in [0.1, 0.15) is 48.6 Å². The molecule has 0 saturated heterocycles. The van der Waals surface area contributed by atoms with E-state index in [1.54, 1.807) is 18.2 Å². The fourth-order valence-corrected chi connectivity index (χ4v) is 3.14. The molecule has 0 radical (unpaired) electrons. The zero-order chi connectivity index (χ0) is 18.9. The van der Waals surface area contributed by atoms with Crippen LogP contribution in [0.15, 0.2) is 41.5 Å². The van der Waals surface area contributed by atoms with E-state index >= 15 is 0 Å². The highest BCUT2D eigenvalue weighted by molar-refractivity contribution is 6.07. The SMILES string of the molecule is C[C@@H](CC(=O)Cc1cc2c(cn1)C(C(C)(F)F)=NC2)c1ccc(F)cc1. The van der Waals surface area contributed by atoms with E-state index in [1.165, 1.54) is 18.3 Å². The third kappa shape index (κ3) is 4.00. The molecule has 2 heterocycles. The number of hydrogen-bond donors (Lipinski definition) is 0. The van der Waals surface area contributed by atoms with Gasteiger partial charge in [0.05, 0.1) is 6.54 Å². The monoisotopic (exact) mass is 360 g/mol. The number of benzene rings is 1. The Bertz CT molecular complexity index is 854. The van der Waals surface area contributed by atoms with Gasteiger partial charge in [0.15, 0.2) is 0 Å². The minimum Gasteiger partial charge on any atom is -0.299 e. The van der Waals surface area contributed by atoms with Crippen molar-refractivity contribution < 1.29 is 18.0 Å². The number of alkyl halides is 2. The van der Waals surface area contributed by atoms with E-state index in [4.69, 9.17) is 0 Å². The molecule has 136 valence electrons. The van der Waals surface area contributed by atoms with Crippen LogP contribution in [0.5, 0.6) is 0 Å². The van der Waals surface area contributed by atoms with Crippen molar-refractivity contribution in [3.8, 4) is 0 Å². The molecule has 1 aromatic heterocycles. The van der Waals surface area contributed by atoms with E-state index in [-0.39, 0.29) is 36.2 Å². The fourth-order valence-electron chi connectivity index (χ4n) is 3.14. The van der Waals surface area contributed by atoms with Gasteiger partial charge >= 0.3 is 0 Å². The fraction of sp³-hybridized carbons (Fsp3) is 0.350. The largest absolute Gasteiger partial charge is 0.299 e. The second-order valence-electron chi connectivity index (χ2n) is 6.76. The summed E-state index contributed by atoms with van der Waals surface area (Å²) in [6, 6.07) is 7.77. The molecule has 0 bridgehead atoms. The summed E-state index contributed by atoms with van der Waals surface area (Å²) in [5, 5.41) is 0. The molecule has 0 fully saturated rings. The summed E-state index contributed by atoms with van der Waals surface area (Å²) in [6.07, 6.45) is 1.82. The van der Waals surface area contributed by atoms with Crippen molar-refractivity contribution in [3.63, 3.8) is 0 Å². The Morgan fingerprint density at radius 2 is 1.96 bits per heavy atom. The van der Waals surface area contributed by atoms with Gasteiger partial charge in [-0.3, -0.25) is 14.8 Å².